The number of hydrogen-bond acceptors (Lipinski definition) is 4. The van der Waals surface area contributed by atoms with Gasteiger partial charge in [0.2, 0.25) is 5.91 Å². The summed E-state index contributed by atoms with van der Waals surface area (Å²) in [4.78, 5) is 25.6. The Morgan fingerprint density at radius 1 is 1.00 bits per heavy atom. The lowest BCUT2D eigenvalue weighted by molar-refractivity contribution is -0.116. The number of thioether (sulfide) groups is 1. The first-order valence-corrected chi connectivity index (χ1v) is 10.1. The highest BCUT2D eigenvalue weighted by atomic mass is 32.2. The minimum atomic E-state index is -0.261. The highest BCUT2D eigenvalue weighted by Crippen LogP contribution is 2.25. The van der Waals surface area contributed by atoms with Gasteiger partial charge >= 0.3 is 0 Å². The van der Waals surface area contributed by atoms with Crippen LogP contribution in [-0.4, -0.2) is 31.7 Å². The van der Waals surface area contributed by atoms with Crippen molar-refractivity contribution < 1.29 is 14.3 Å². The quantitative estimate of drug-likeness (QED) is 0.586. The SMILES string of the molecule is COc1cc(SC)ccc1C(=O)NCCC(=O)Nc1ccc2ccccc2c1. The molecule has 3 rings (SSSR count). The van der Waals surface area contributed by atoms with Gasteiger partial charge in [-0.2, -0.15) is 0 Å². The third-order valence-electron chi connectivity index (χ3n) is 4.32. The van der Waals surface area contributed by atoms with Gasteiger partial charge < -0.3 is 15.4 Å². The second-order valence-corrected chi connectivity index (χ2v) is 7.06. The van der Waals surface area contributed by atoms with E-state index in [1.54, 1.807) is 17.8 Å². The standard InChI is InChI=1S/C22H22N2O3S/c1-27-20-14-18(28-2)9-10-19(20)22(26)23-12-11-21(25)24-17-8-7-15-5-3-4-6-16(15)13-17/h3-10,13-14H,11-12H2,1-2H3,(H,23,26)(H,24,25). The van der Waals surface area contributed by atoms with E-state index in [1.807, 2.05) is 60.9 Å². The van der Waals surface area contributed by atoms with Crippen LogP contribution < -0.4 is 15.4 Å². The molecule has 0 bridgehead atoms. The molecule has 0 aliphatic carbocycles. The monoisotopic (exact) mass is 394 g/mol. The van der Waals surface area contributed by atoms with E-state index < -0.39 is 0 Å². The van der Waals surface area contributed by atoms with Crippen LogP contribution >= 0.6 is 11.8 Å². The number of anilines is 1. The van der Waals surface area contributed by atoms with Crippen molar-refractivity contribution in [2.24, 2.45) is 0 Å². The number of amides is 2. The van der Waals surface area contributed by atoms with Crippen molar-refractivity contribution in [3.63, 3.8) is 0 Å². The first kappa shape index (κ1) is 19.8. The lowest BCUT2D eigenvalue weighted by Crippen LogP contribution is -2.28. The fourth-order valence-electron chi connectivity index (χ4n) is 2.86. The van der Waals surface area contributed by atoms with Gasteiger partial charge in [0.15, 0.2) is 0 Å². The van der Waals surface area contributed by atoms with Gasteiger partial charge in [0, 0.05) is 23.5 Å². The average Bonchev–Trinajstić information content (AvgIpc) is 2.73. The van der Waals surface area contributed by atoms with Crippen LogP contribution in [0.4, 0.5) is 5.69 Å². The van der Waals surface area contributed by atoms with E-state index >= 15 is 0 Å². The van der Waals surface area contributed by atoms with Crippen LogP contribution in [0.2, 0.25) is 0 Å². The van der Waals surface area contributed by atoms with E-state index in [0.29, 0.717) is 11.3 Å². The van der Waals surface area contributed by atoms with Crippen molar-refractivity contribution in [2.75, 3.05) is 25.2 Å². The summed E-state index contributed by atoms with van der Waals surface area (Å²) in [7, 11) is 1.53. The molecule has 0 saturated carbocycles. The minimum Gasteiger partial charge on any atom is -0.496 e. The van der Waals surface area contributed by atoms with Crippen LogP contribution in [0.5, 0.6) is 5.75 Å². The van der Waals surface area contributed by atoms with Gasteiger partial charge in [0.25, 0.3) is 5.91 Å². The summed E-state index contributed by atoms with van der Waals surface area (Å²) in [6, 6.07) is 19.2. The molecule has 6 heteroatoms. The third kappa shape index (κ3) is 4.84. The van der Waals surface area contributed by atoms with Crippen LogP contribution in [0, 0.1) is 0 Å². The maximum Gasteiger partial charge on any atom is 0.255 e. The van der Waals surface area contributed by atoms with Gasteiger partial charge in [0.1, 0.15) is 5.75 Å². The Morgan fingerprint density at radius 2 is 1.79 bits per heavy atom. The van der Waals surface area contributed by atoms with Gasteiger partial charge in [-0.15, -0.1) is 11.8 Å². The molecule has 0 atom stereocenters. The first-order valence-electron chi connectivity index (χ1n) is 8.89. The van der Waals surface area contributed by atoms with Gasteiger partial charge in [0.05, 0.1) is 12.7 Å². The van der Waals surface area contributed by atoms with Gasteiger partial charge in [-0.3, -0.25) is 9.59 Å². The highest BCUT2D eigenvalue weighted by Gasteiger charge is 2.13. The molecule has 0 radical (unpaired) electrons. The molecule has 0 fully saturated rings. The fourth-order valence-corrected chi connectivity index (χ4v) is 3.29. The summed E-state index contributed by atoms with van der Waals surface area (Å²) < 4.78 is 5.30. The Hall–Kier alpha value is -2.99. The fraction of sp³-hybridized carbons (Fsp3) is 0.182. The number of benzene rings is 3. The maximum absolute atomic E-state index is 12.4. The lowest BCUT2D eigenvalue weighted by Gasteiger charge is -2.11. The molecule has 28 heavy (non-hydrogen) atoms. The molecule has 0 aromatic heterocycles. The maximum atomic E-state index is 12.4. The second-order valence-electron chi connectivity index (χ2n) is 6.18. The summed E-state index contributed by atoms with van der Waals surface area (Å²) in [5.41, 5.74) is 1.19. The molecule has 0 heterocycles. The Bertz CT molecular complexity index is 1000. The molecular formula is C22H22N2O3S. The van der Waals surface area contributed by atoms with Crippen LogP contribution in [0.3, 0.4) is 0 Å². The Balaban J connectivity index is 1.54. The zero-order valence-corrected chi connectivity index (χ0v) is 16.6. The van der Waals surface area contributed by atoms with Gasteiger partial charge in [-0.05, 0) is 47.4 Å². The van der Waals surface area contributed by atoms with Crippen molar-refractivity contribution in [3.05, 3.63) is 66.2 Å². The van der Waals surface area contributed by atoms with E-state index in [1.165, 1.54) is 7.11 Å². The minimum absolute atomic E-state index is 0.153. The van der Waals surface area contributed by atoms with Gasteiger partial charge in [-0.1, -0.05) is 30.3 Å². The third-order valence-corrected chi connectivity index (χ3v) is 5.05. The molecule has 2 amide bonds. The number of rotatable bonds is 7. The number of nitrogens with one attached hydrogen (secondary N) is 2. The zero-order chi connectivity index (χ0) is 19.9. The molecule has 144 valence electrons. The molecule has 0 aliphatic rings. The number of ether oxygens (including phenoxy) is 1. The molecule has 3 aromatic rings. The van der Waals surface area contributed by atoms with Crippen LogP contribution in [0.25, 0.3) is 10.8 Å². The number of methoxy groups -OCH3 is 1. The smallest absolute Gasteiger partial charge is 0.255 e. The topological polar surface area (TPSA) is 67.4 Å². The van der Waals surface area contributed by atoms with Crippen LogP contribution in [0.15, 0.2) is 65.6 Å². The lowest BCUT2D eigenvalue weighted by atomic mass is 10.1. The van der Waals surface area contributed by atoms with E-state index in [0.717, 1.165) is 21.4 Å². The first-order chi connectivity index (χ1) is 13.6. The zero-order valence-electron chi connectivity index (χ0n) is 15.8. The molecule has 0 unspecified atom stereocenters. The normalized spacial score (nSPS) is 10.5. The molecule has 0 spiro atoms. The van der Waals surface area contributed by atoms with Crippen LogP contribution in [0.1, 0.15) is 16.8 Å². The van der Waals surface area contributed by atoms with E-state index in [-0.39, 0.29) is 24.8 Å². The Morgan fingerprint density at radius 3 is 2.54 bits per heavy atom. The number of carbonyl (C=O) groups excluding carboxylic acids is 2. The average molecular weight is 394 g/mol. The highest BCUT2D eigenvalue weighted by molar-refractivity contribution is 7.98. The van der Waals surface area contributed by atoms with E-state index in [4.69, 9.17) is 4.74 Å². The predicted molar refractivity (Wildman–Crippen MR) is 114 cm³/mol. The van der Waals surface area contributed by atoms with E-state index in [9.17, 15) is 9.59 Å². The van der Waals surface area contributed by atoms with Crippen molar-refractivity contribution in [2.45, 2.75) is 11.3 Å². The molecule has 0 saturated heterocycles. The molecular weight excluding hydrogens is 372 g/mol. The van der Waals surface area contributed by atoms with E-state index in [2.05, 4.69) is 10.6 Å². The number of carbonyl (C=O) groups is 2. The molecule has 5 nitrogen and oxygen atoms in total. The Kier molecular flexibility index (Phi) is 6.55. The summed E-state index contributed by atoms with van der Waals surface area (Å²) in [6.07, 6.45) is 2.15. The van der Waals surface area contributed by atoms with Gasteiger partial charge in [-0.25, -0.2) is 0 Å². The summed E-state index contributed by atoms with van der Waals surface area (Å²) in [5.74, 6) is 0.105. The van der Waals surface area contributed by atoms with Crippen molar-refractivity contribution in [1.82, 2.24) is 5.32 Å². The number of hydrogen-bond donors (Lipinski definition) is 2. The largest absolute Gasteiger partial charge is 0.496 e. The predicted octanol–water partition coefficient (Wildman–Crippen LogP) is 4.33. The molecule has 2 N–H and O–H groups in total. The summed E-state index contributed by atoms with van der Waals surface area (Å²) >= 11 is 1.58. The summed E-state index contributed by atoms with van der Waals surface area (Å²) in [6.45, 7) is 0.242. The van der Waals surface area contributed by atoms with Crippen molar-refractivity contribution >= 4 is 40.0 Å². The Labute approximate surface area is 168 Å². The second kappa shape index (κ2) is 9.28. The molecule has 0 aliphatic heterocycles. The van der Waals surface area contributed by atoms with Crippen molar-refractivity contribution in [1.29, 1.82) is 0 Å². The van der Waals surface area contributed by atoms with Crippen molar-refractivity contribution in [3.8, 4) is 5.75 Å². The van der Waals surface area contributed by atoms with Crippen LogP contribution in [-0.2, 0) is 4.79 Å². The number of fused-ring (bicyclic) bond motifs is 1. The molecule has 3 aromatic carbocycles. The summed E-state index contributed by atoms with van der Waals surface area (Å²) in [5, 5.41) is 7.82.